The highest BCUT2D eigenvalue weighted by atomic mass is 35.5. The molecule has 0 aromatic heterocycles. The summed E-state index contributed by atoms with van der Waals surface area (Å²) in [7, 11) is 0. The number of halogens is 3. The molecule has 1 N–H and O–H groups in total. The minimum atomic E-state index is -2.95. The molecule has 1 aromatic carbocycles. The molecule has 134 valence electrons. The molecular weight excluding hydrogens is 342 g/mol. The molecule has 1 unspecified atom stereocenters. The van der Waals surface area contributed by atoms with Gasteiger partial charge >= 0.3 is 12.6 Å². The summed E-state index contributed by atoms with van der Waals surface area (Å²) >= 11 is 5.90. The third kappa shape index (κ3) is 5.21. The number of carbonyl (C=O) groups is 1. The van der Waals surface area contributed by atoms with Gasteiger partial charge in [0.15, 0.2) is 0 Å². The first-order valence-corrected chi connectivity index (χ1v) is 8.14. The molecule has 1 aliphatic rings. The second kappa shape index (κ2) is 8.48. The van der Waals surface area contributed by atoms with Gasteiger partial charge in [0.25, 0.3) is 0 Å². The van der Waals surface area contributed by atoms with Crippen LogP contribution in [0.4, 0.5) is 19.3 Å². The average Bonchev–Trinajstić information content (AvgIpc) is 2.49. The first kappa shape index (κ1) is 18.7. The summed E-state index contributed by atoms with van der Waals surface area (Å²) in [6.45, 7) is 2.73. The Hall–Kier alpha value is -1.60. The van der Waals surface area contributed by atoms with Crippen LogP contribution < -0.4 is 10.1 Å². The summed E-state index contributed by atoms with van der Waals surface area (Å²) in [5.41, 5.74) is 0.418. The monoisotopic (exact) mass is 362 g/mol. The van der Waals surface area contributed by atoms with Gasteiger partial charge in [0.2, 0.25) is 0 Å². The first-order chi connectivity index (χ1) is 11.4. The van der Waals surface area contributed by atoms with E-state index in [9.17, 15) is 13.6 Å². The summed E-state index contributed by atoms with van der Waals surface area (Å²) in [6.07, 6.45) is 0.843. The van der Waals surface area contributed by atoms with Crippen molar-refractivity contribution in [2.45, 2.75) is 32.9 Å². The van der Waals surface area contributed by atoms with E-state index in [1.807, 2.05) is 0 Å². The number of hydrogen-bond acceptors (Lipinski definition) is 3. The summed E-state index contributed by atoms with van der Waals surface area (Å²) in [4.78, 5) is 14.2. The van der Waals surface area contributed by atoms with Gasteiger partial charge in [-0.3, -0.25) is 0 Å². The van der Waals surface area contributed by atoms with E-state index in [-0.39, 0.29) is 22.8 Å². The summed E-state index contributed by atoms with van der Waals surface area (Å²) in [5.74, 6) is 0.306. The maximum absolute atomic E-state index is 12.5. The van der Waals surface area contributed by atoms with Crippen LogP contribution in [0, 0.1) is 5.92 Å². The Morgan fingerprint density at radius 2 is 2.25 bits per heavy atom. The largest absolute Gasteiger partial charge is 0.433 e. The SMILES string of the molecule is CC(C)CC1COCCN1C(=O)Nc1ccc(OC(F)F)c(Cl)c1. The van der Waals surface area contributed by atoms with Gasteiger partial charge in [-0.15, -0.1) is 0 Å². The third-order valence-electron chi connectivity index (χ3n) is 3.63. The lowest BCUT2D eigenvalue weighted by atomic mass is 10.0. The Bertz CT molecular complexity index is 572. The maximum Gasteiger partial charge on any atom is 0.387 e. The van der Waals surface area contributed by atoms with Crippen molar-refractivity contribution in [1.29, 1.82) is 0 Å². The van der Waals surface area contributed by atoms with Gasteiger partial charge in [-0.2, -0.15) is 8.78 Å². The number of nitrogens with one attached hydrogen (secondary N) is 1. The van der Waals surface area contributed by atoms with Crippen molar-refractivity contribution < 1.29 is 23.0 Å². The van der Waals surface area contributed by atoms with Crippen molar-refractivity contribution in [2.75, 3.05) is 25.1 Å². The van der Waals surface area contributed by atoms with Gasteiger partial charge < -0.3 is 19.7 Å². The van der Waals surface area contributed by atoms with Crippen molar-refractivity contribution in [2.24, 2.45) is 5.92 Å². The third-order valence-corrected chi connectivity index (χ3v) is 3.93. The van der Waals surface area contributed by atoms with E-state index in [1.165, 1.54) is 18.2 Å². The van der Waals surface area contributed by atoms with Gasteiger partial charge in [0.1, 0.15) is 5.75 Å². The van der Waals surface area contributed by atoms with Crippen molar-refractivity contribution >= 4 is 23.3 Å². The molecule has 8 heteroatoms. The molecule has 2 rings (SSSR count). The number of amides is 2. The number of ether oxygens (including phenoxy) is 2. The molecule has 1 heterocycles. The van der Waals surface area contributed by atoms with Gasteiger partial charge in [0.05, 0.1) is 24.3 Å². The summed E-state index contributed by atoms with van der Waals surface area (Å²) in [6, 6.07) is 3.90. The second-order valence-electron chi connectivity index (χ2n) is 6.01. The molecule has 5 nitrogen and oxygen atoms in total. The van der Waals surface area contributed by atoms with Crippen LogP contribution >= 0.6 is 11.6 Å². The fourth-order valence-electron chi connectivity index (χ4n) is 2.63. The molecule has 1 saturated heterocycles. The highest BCUT2D eigenvalue weighted by Crippen LogP contribution is 2.29. The molecule has 2 amide bonds. The van der Waals surface area contributed by atoms with Crippen molar-refractivity contribution in [3.05, 3.63) is 23.2 Å². The fraction of sp³-hybridized carbons (Fsp3) is 0.562. The summed E-state index contributed by atoms with van der Waals surface area (Å²) in [5, 5.41) is 2.75. The number of rotatable bonds is 5. The van der Waals surface area contributed by atoms with Gasteiger partial charge in [0, 0.05) is 12.2 Å². The van der Waals surface area contributed by atoms with E-state index in [0.29, 0.717) is 31.4 Å². The molecule has 1 aliphatic heterocycles. The quantitative estimate of drug-likeness (QED) is 0.853. The molecule has 0 spiro atoms. The van der Waals surface area contributed by atoms with Crippen LogP contribution in [0.2, 0.25) is 5.02 Å². The van der Waals surface area contributed by atoms with Crippen LogP contribution in [0.1, 0.15) is 20.3 Å². The molecule has 0 saturated carbocycles. The van der Waals surface area contributed by atoms with Crippen LogP contribution in [0.3, 0.4) is 0 Å². The summed E-state index contributed by atoms with van der Waals surface area (Å²) < 4.78 is 34.2. The number of hydrogen-bond donors (Lipinski definition) is 1. The molecule has 0 aliphatic carbocycles. The average molecular weight is 363 g/mol. The fourth-order valence-corrected chi connectivity index (χ4v) is 2.85. The smallest absolute Gasteiger partial charge is 0.387 e. The molecule has 0 radical (unpaired) electrons. The number of alkyl halides is 2. The van der Waals surface area contributed by atoms with Crippen molar-refractivity contribution in [3.63, 3.8) is 0 Å². The number of urea groups is 1. The lowest BCUT2D eigenvalue weighted by Crippen LogP contribution is -2.50. The highest BCUT2D eigenvalue weighted by molar-refractivity contribution is 6.32. The lowest BCUT2D eigenvalue weighted by molar-refractivity contribution is -0.0497. The van der Waals surface area contributed by atoms with Gasteiger partial charge in [-0.1, -0.05) is 25.4 Å². The zero-order valence-corrected chi connectivity index (χ0v) is 14.4. The molecule has 1 atom stereocenters. The number of carbonyl (C=O) groups excluding carboxylic acids is 1. The minimum Gasteiger partial charge on any atom is -0.433 e. The predicted octanol–water partition coefficient (Wildman–Crippen LogP) is 4.22. The standard InChI is InChI=1S/C16H21ClF2N2O3/c1-10(2)7-12-9-23-6-5-21(12)16(22)20-11-3-4-14(13(17)8-11)24-15(18)19/h3-4,8,10,12,15H,5-7,9H2,1-2H3,(H,20,22). The van der Waals surface area contributed by atoms with E-state index >= 15 is 0 Å². The predicted molar refractivity (Wildman–Crippen MR) is 87.9 cm³/mol. The van der Waals surface area contributed by atoms with E-state index < -0.39 is 6.61 Å². The normalized spacial score (nSPS) is 18.1. The van der Waals surface area contributed by atoms with E-state index in [1.54, 1.807) is 4.90 Å². The van der Waals surface area contributed by atoms with Crippen LogP contribution in [0.15, 0.2) is 18.2 Å². The van der Waals surface area contributed by atoms with E-state index in [4.69, 9.17) is 16.3 Å². The molecule has 24 heavy (non-hydrogen) atoms. The minimum absolute atomic E-state index is 0.00816. The van der Waals surface area contributed by atoms with Crippen LogP contribution in [0.5, 0.6) is 5.75 Å². The zero-order valence-electron chi connectivity index (χ0n) is 13.6. The number of morpholine rings is 1. The van der Waals surface area contributed by atoms with E-state index in [2.05, 4.69) is 23.9 Å². The maximum atomic E-state index is 12.5. The van der Waals surface area contributed by atoms with Crippen LogP contribution in [-0.4, -0.2) is 43.3 Å². The molecular formula is C16H21ClF2N2O3. The zero-order chi connectivity index (χ0) is 17.7. The van der Waals surface area contributed by atoms with E-state index in [0.717, 1.165) is 6.42 Å². The topological polar surface area (TPSA) is 50.8 Å². The van der Waals surface area contributed by atoms with Crippen LogP contribution in [-0.2, 0) is 4.74 Å². The second-order valence-corrected chi connectivity index (χ2v) is 6.41. The lowest BCUT2D eigenvalue weighted by Gasteiger charge is -2.36. The van der Waals surface area contributed by atoms with Crippen molar-refractivity contribution in [1.82, 2.24) is 4.90 Å². The Morgan fingerprint density at radius 1 is 1.50 bits per heavy atom. The molecule has 1 aromatic rings. The molecule has 1 fully saturated rings. The Morgan fingerprint density at radius 3 is 2.88 bits per heavy atom. The molecule has 0 bridgehead atoms. The Labute approximate surface area is 144 Å². The first-order valence-electron chi connectivity index (χ1n) is 7.76. The number of anilines is 1. The number of nitrogens with zero attached hydrogens (tertiary/aromatic N) is 1. The Kier molecular flexibility index (Phi) is 6.62. The van der Waals surface area contributed by atoms with Crippen molar-refractivity contribution in [3.8, 4) is 5.75 Å². The van der Waals surface area contributed by atoms with Gasteiger partial charge in [-0.25, -0.2) is 4.79 Å². The van der Waals surface area contributed by atoms with Gasteiger partial charge in [-0.05, 0) is 30.5 Å². The number of benzene rings is 1. The van der Waals surface area contributed by atoms with Crippen LogP contribution in [0.25, 0.3) is 0 Å². The Balaban J connectivity index is 2.03. The highest BCUT2D eigenvalue weighted by Gasteiger charge is 2.28.